The van der Waals surface area contributed by atoms with Crippen LogP contribution in [0, 0.1) is 5.82 Å². The number of nitrogens with one attached hydrogen (secondary N) is 3. The van der Waals surface area contributed by atoms with Gasteiger partial charge in [-0.1, -0.05) is 0 Å². The number of benzene rings is 1. The summed E-state index contributed by atoms with van der Waals surface area (Å²) in [6, 6.07) is 5.49. The third-order valence-electron chi connectivity index (χ3n) is 4.51. The standard InChI is InChI=1S/C17H23FN4O2/c1-11(16(23)19-13-6-7-13)22-9-8-15(10-22)21-17(24)20-14-4-2-12(18)3-5-14/h2-5,11,13,15H,6-10H2,1H3,(H,19,23)(H2,20,21,24)/t11-,15-/m1/s1. The third-order valence-corrected chi connectivity index (χ3v) is 4.51. The molecule has 1 aromatic rings. The lowest BCUT2D eigenvalue weighted by molar-refractivity contribution is -0.125. The summed E-state index contributed by atoms with van der Waals surface area (Å²) in [5.74, 6) is -0.278. The topological polar surface area (TPSA) is 73.5 Å². The highest BCUT2D eigenvalue weighted by Crippen LogP contribution is 2.20. The van der Waals surface area contributed by atoms with Gasteiger partial charge in [-0.05, 0) is 50.5 Å². The molecule has 2 aliphatic rings. The van der Waals surface area contributed by atoms with Gasteiger partial charge in [0.25, 0.3) is 0 Å². The van der Waals surface area contributed by atoms with Crippen LogP contribution >= 0.6 is 0 Å². The Balaban J connectivity index is 1.44. The van der Waals surface area contributed by atoms with Crippen LogP contribution in [0.1, 0.15) is 26.2 Å². The molecular formula is C17H23FN4O2. The van der Waals surface area contributed by atoms with Crippen LogP contribution in [-0.4, -0.2) is 48.1 Å². The maximum atomic E-state index is 12.9. The summed E-state index contributed by atoms with van der Waals surface area (Å²) in [4.78, 5) is 26.2. The number of likely N-dealkylation sites (tertiary alicyclic amines) is 1. The highest BCUT2D eigenvalue weighted by atomic mass is 19.1. The van der Waals surface area contributed by atoms with Crippen molar-refractivity contribution in [3.8, 4) is 0 Å². The van der Waals surface area contributed by atoms with Gasteiger partial charge in [0.1, 0.15) is 5.82 Å². The molecule has 0 bridgehead atoms. The quantitative estimate of drug-likeness (QED) is 0.767. The first-order valence-electron chi connectivity index (χ1n) is 8.39. The first kappa shape index (κ1) is 16.7. The number of hydrogen-bond donors (Lipinski definition) is 3. The lowest BCUT2D eigenvalue weighted by Gasteiger charge is -2.23. The molecule has 0 spiro atoms. The Morgan fingerprint density at radius 3 is 2.50 bits per heavy atom. The number of carbonyl (C=O) groups excluding carboxylic acids is 2. The molecule has 0 aromatic heterocycles. The zero-order valence-electron chi connectivity index (χ0n) is 13.7. The van der Waals surface area contributed by atoms with Gasteiger partial charge in [0.05, 0.1) is 6.04 Å². The molecule has 0 unspecified atom stereocenters. The summed E-state index contributed by atoms with van der Waals surface area (Å²) >= 11 is 0. The van der Waals surface area contributed by atoms with E-state index in [9.17, 15) is 14.0 Å². The molecule has 1 heterocycles. The van der Waals surface area contributed by atoms with Crippen molar-refractivity contribution < 1.29 is 14.0 Å². The Labute approximate surface area is 140 Å². The highest BCUT2D eigenvalue weighted by molar-refractivity contribution is 5.89. The molecule has 3 N–H and O–H groups in total. The van der Waals surface area contributed by atoms with Gasteiger partial charge in [-0.15, -0.1) is 0 Å². The van der Waals surface area contributed by atoms with E-state index in [2.05, 4.69) is 20.9 Å². The predicted octanol–water partition coefficient (Wildman–Crippen LogP) is 1.69. The van der Waals surface area contributed by atoms with Crippen molar-refractivity contribution >= 4 is 17.6 Å². The monoisotopic (exact) mass is 334 g/mol. The lowest BCUT2D eigenvalue weighted by Crippen LogP contribution is -2.46. The maximum Gasteiger partial charge on any atom is 0.319 e. The van der Waals surface area contributed by atoms with E-state index < -0.39 is 0 Å². The first-order chi connectivity index (χ1) is 11.5. The van der Waals surface area contributed by atoms with Gasteiger partial charge >= 0.3 is 6.03 Å². The smallest absolute Gasteiger partial charge is 0.319 e. The molecule has 1 saturated heterocycles. The average molecular weight is 334 g/mol. The van der Waals surface area contributed by atoms with E-state index in [1.54, 1.807) is 0 Å². The predicted molar refractivity (Wildman–Crippen MR) is 89.2 cm³/mol. The molecule has 3 rings (SSSR count). The zero-order chi connectivity index (χ0) is 17.1. The van der Waals surface area contributed by atoms with Crippen molar-refractivity contribution in [3.05, 3.63) is 30.1 Å². The molecule has 1 aliphatic heterocycles. The number of anilines is 1. The Bertz CT molecular complexity index is 603. The van der Waals surface area contributed by atoms with Crippen molar-refractivity contribution in [2.24, 2.45) is 0 Å². The number of halogens is 1. The Kier molecular flexibility index (Phi) is 4.99. The van der Waals surface area contributed by atoms with Gasteiger partial charge in [0, 0.05) is 30.9 Å². The van der Waals surface area contributed by atoms with Crippen LogP contribution in [0.5, 0.6) is 0 Å². The summed E-state index contributed by atoms with van der Waals surface area (Å²) in [5.41, 5.74) is 0.543. The zero-order valence-corrected chi connectivity index (χ0v) is 13.7. The molecule has 0 radical (unpaired) electrons. The average Bonchev–Trinajstić information content (AvgIpc) is 3.25. The Hall–Kier alpha value is -2.15. The third kappa shape index (κ3) is 4.44. The van der Waals surface area contributed by atoms with E-state index in [0.29, 0.717) is 18.3 Å². The SMILES string of the molecule is C[C@H](C(=O)NC1CC1)N1CC[C@@H](NC(=O)Nc2ccc(F)cc2)C1. The number of carbonyl (C=O) groups is 2. The van der Waals surface area contributed by atoms with Gasteiger partial charge < -0.3 is 16.0 Å². The molecule has 2 atom stereocenters. The summed E-state index contributed by atoms with van der Waals surface area (Å²) in [7, 11) is 0. The van der Waals surface area contributed by atoms with Gasteiger partial charge in [-0.3, -0.25) is 9.69 Å². The molecule has 1 aliphatic carbocycles. The van der Waals surface area contributed by atoms with Crippen molar-refractivity contribution in [2.45, 2.75) is 44.3 Å². The molecule has 6 nitrogen and oxygen atoms in total. The van der Waals surface area contributed by atoms with Crippen molar-refractivity contribution in [1.29, 1.82) is 0 Å². The van der Waals surface area contributed by atoms with E-state index in [0.717, 1.165) is 25.8 Å². The maximum absolute atomic E-state index is 12.9. The van der Waals surface area contributed by atoms with Crippen LogP contribution in [0.15, 0.2) is 24.3 Å². The summed E-state index contributed by atoms with van der Waals surface area (Å²) in [6.45, 7) is 3.33. The number of urea groups is 1. The van der Waals surface area contributed by atoms with Crippen molar-refractivity contribution in [1.82, 2.24) is 15.5 Å². The molecule has 1 saturated carbocycles. The van der Waals surface area contributed by atoms with E-state index in [-0.39, 0.29) is 29.8 Å². The first-order valence-corrected chi connectivity index (χ1v) is 8.39. The Morgan fingerprint density at radius 2 is 1.83 bits per heavy atom. The van der Waals surface area contributed by atoms with Gasteiger partial charge in [0.2, 0.25) is 5.91 Å². The van der Waals surface area contributed by atoms with Crippen LogP contribution in [0.3, 0.4) is 0 Å². The fourth-order valence-corrected chi connectivity index (χ4v) is 2.86. The minimum absolute atomic E-state index is 0.00150. The van der Waals surface area contributed by atoms with Crippen LogP contribution in [0.25, 0.3) is 0 Å². The van der Waals surface area contributed by atoms with Crippen LogP contribution < -0.4 is 16.0 Å². The fraction of sp³-hybridized carbons (Fsp3) is 0.529. The molecule has 24 heavy (non-hydrogen) atoms. The van der Waals surface area contributed by atoms with Crippen LogP contribution in [-0.2, 0) is 4.79 Å². The molecule has 130 valence electrons. The van der Waals surface area contributed by atoms with Crippen molar-refractivity contribution in [2.75, 3.05) is 18.4 Å². The molecule has 7 heteroatoms. The normalized spacial score (nSPS) is 22.0. The summed E-state index contributed by atoms with van der Waals surface area (Å²) < 4.78 is 12.9. The van der Waals surface area contributed by atoms with E-state index in [1.807, 2.05) is 6.92 Å². The van der Waals surface area contributed by atoms with E-state index in [1.165, 1.54) is 24.3 Å². The molecular weight excluding hydrogens is 311 g/mol. The molecule has 3 amide bonds. The van der Waals surface area contributed by atoms with Gasteiger partial charge in [-0.2, -0.15) is 0 Å². The largest absolute Gasteiger partial charge is 0.352 e. The van der Waals surface area contributed by atoms with Crippen LogP contribution in [0.4, 0.5) is 14.9 Å². The number of rotatable bonds is 5. The summed E-state index contributed by atoms with van der Waals surface area (Å²) in [5, 5.41) is 8.60. The summed E-state index contributed by atoms with van der Waals surface area (Å²) in [6.07, 6.45) is 2.95. The second kappa shape index (κ2) is 7.17. The van der Waals surface area contributed by atoms with Gasteiger partial charge in [-0.25, -0.2) is 9.18 Å². The molecule has 2 fully saturated rings. The van der Waals surface area contributed by atoms with Gasteiger partial charge in [0.15, 0.2) is 0 Å². The Morgan fingerprint density at radius 1 is 1.12 bits per heavy atom. The minimum Gasteiger partial charge on any atom is -0.352 e. The second-order valence-electron chi connectivity index (χ2n) is 6.54. The fourth-order valence-electron chi connectivity index (χ4n) is 2.86. The van der Waals surface area contributed by atoms with Crippen LogP contribution in [0.2, 0.25) is 0 Å². The highest BCUT2D eigenvalue weighted by Gasteiger charge is 2.32. The minimum atomic E-state index is -0.342. The molecule has 1 aromatic carbocycles. The van der Waals surface area contributed by atoms with E-state index in [4.69, 9.17) is 0 Å². The van der Waals surface area contributed by atoms with Crippen molar-refractivity contribution in [3.63, 3.8) is 0 Å². The second-order valence-corrected chi connectivity index (χ2v) is 6.54. The number of hydrogen-bond acceptors (Lipinski definition) is 3. The van der Waals surface area contributed by atoms with E-state index >= 15 is 0 Å². The lowest BCUT2D eigenvalue weighted by atomic mass is 10.2. The number of nitrogens with zero attached hydrogens (tertiary/aromatic N) is 1. The number of amides is 3.